The Morgan fingerprint density at radius 1 is 1.09 bits per heavy atom. The van der Waals surface area contributed by atoms with Crippen LogP contribution in [0.4, 0.5) is 0 Å². The highest BCUT2D eigenvalue weighted by Gasteiger charge is 2.54. The molecule has 2 aromatic rings. The summed E-state index contributed by atoms with van der Waals surface area (Å²) >= 11 is 6.24. The number of hydrogen-bond donors (Lipinski definition) is 1. The SMILES string of the molecule is Cc1cccc(C(=O)N2C(C(=O)NCC(C)C)COC23CCN(C(=O)c2ccccc2Cl)CC3)c1. The maximum atomic E-state index is 13.8. The lowest BCUT2D eigenvalue weighted by atomic mass is 9.95. The monoisotopic (exact) mass is 497 g/mol. The molecular weight excluding hydrogens is 466 g/mol. The van der Waals surface area contributed by atoms with E-state index in [0.717, 1.165) is 5.56 Å². The molecule has 0 aromatic heterocycles. The minimum absolute atomic E-state index is 0.125. The van der Waals surface area contributed by atoms with Gasteiger partial charge in [-0.3, -0.25) is 19.3 Å². The fourth-order valence-electron chi connectivity index (χ4n) is 4.77. The Morgan fingerprint density at radius 3 is 2.46 bits per heavy atom. The van der Waals surface area contributed by atoms with Crippen molar-refractivity contribution in [2.24, 2.45) is 5.92 Å². The Bertz CT molecular complexity index is 1110. The van der Waals surface area contributed by atoms with E-state index in [4.69, 9.17) is 16.3 Å². The molecule has 1 atom stereocenters. The van der Waals surface area contributed by atoms with Crippen LogP contribution in [-0.2, 0) is 9.53 Å². The van der Waals surface area contributed by atoms with Crippen molar-refractivity contribution in [1.29, 1.82) is 0 Å². The van der Waals surface area contributed by atoms with Crippen molar-refractivity contribution in [3.8, 4) is 0 Å². The van der Waals surface area contributed by atoms with Gasteiger partial charge >= 0.3 is 0 Å². The van der Waals surface area contributed by atoms with Crippen molar-refractivity contribution in [3.05, 3.63) is 70.2 Å². The lowest BCUT2D eigenvalue weighted by Crippen LogP contribution is -2.60. The van der Waals surface area contributed by atoms with Gasteiger partial charge in [0, 0.05) is 38.0 Å². The van der Waals surface area contributed by atoms with Crippen LogP contribution >= 0.6 is 11.6 Å². The van der Waals surface area contributed by atoms with E-state index in [1.165, 1.54) is 0 Å². The molecule has 0 aliphatic carbocycles. The number of amides is 3. The van der Waals surface area contributed by atoms with Gasteiger partial charge in [0.25, 0.3) is 11.8 Å². The Hall–Kier alpha value is -2.90. The second kappa shape index (κ2) is 10.4. The third kappa shape index (κ3) is 5.21. The average Bonchev–Trinajstić information content (AvgIpc) is 3.21. The van der Waals surface area contributed by atoms with E-state index in [1.54, 1.807) is 40.1 Å². The van der Waals surface area contributed by atoms with Gasteiger partial charge in [0.2, 0.25) is 5.91 Å². The smallest absolute Gasteiger partial charge is 0.256 e. The van der Waals surface area contributed by atoms with Crippen LogP contribution in [0, 0.1) is 12.8 Å². The van der Waals surface area contributed by atoms with Gasteiger partial charge in [0.15, 0.2) is 0 Å². The van der Waals surface area contributed by atoms with Crippen LogP contribution in [0.25, 0.3) is 0 Å². The fraction of sp³-hybridized carbons (Fsp3) is 0.444. The van der Waals surface area contributed by atoms with Crippen LogP contribution in [0.5, 0.6) is 0 Å². The number of aryl methyl sites for hydroxylation is 1. The summed E-state index contributed by atoms with van der Waals surface area (Å²) in [7, 11) is 0. The van der Waals surface area contributed by atoms with E-state index < -0.39 is 11.8 Å². The predicted molar refractivity (Wildman–Crippen MR) is 134 cm³/mol. The van der Waals surface area contributed by atoms with E-state index in [0.29, 0.717) is 48.6 Å². The second-order valence-electron chi connectivity index (χ2n) is 9.73. The van der Waals surface area contributed by atoms with Gasteiger partial charge in [-0.2, -0.15) is 0 Å². The van der Waals surface area contributed by atoms with Crippen molar-refractivity contribution < 1.29 is 19.1 Å². The highest BCUT2D eigenvalue weighted by Crippen LogP contribution is 2.39. The minimum Gasteiger partial charge on any atom is -0.354 e. The van der Waals surface area contributed by atoms with Crippen LogP contribution in [0.1, 0.15) is 53.0 Å². The quantitative estimate of drug-likeness (QED) is 0.679. The molecule has 2 heterocycles. The minimum atomic E-state index is -0.946. The predicted octanol–water partition coefficient (Wildman–Crippen LogP) is 3.89. The zero-order valence-electron chi connectivity index (χ0n) is 20.4. The van der Waals surface area contributed by atoms with Gasteiger partial charge in [0.05, 0.1) is 17.2 Å². The van der Waals surface area contributed by atoms with Crippen LogP contribution in [0.3, 0.4) is 0 Å². The Kier molecular flexibility index (Phi) is 7.47. The summed E-state index contributed by atoms with van der Waals surface area (Å²) < 4.78 is 6.25. The van der Waals surface area contributed by atoms with Gasteiger partial charge in [0.1, 0.15) is 11.8 Å². The maximum absolute atomic E-state index is 13.8. The molecular formula is C27H32ClN3O4. The molecule has 2 fully saturated rings. The maximum Gasteiger partial charge on any atom is 0.256 e. The van der Waals surface area contributed by atoms with Crippen molar-refractivity contribution in [2.75, 3.05) is 26.2 Å². The number of likely N-dealkylation sites (tertiary alicyclic amines) is 1. The Labute approximate surface area is 211 Å². The lowest BCUT2D eigenvalue weighted by Gasteiger charge is -2.44. The largest absolute Gasteiger partial charge is 0.354 e. The molecule has 2 saturated heterocycles. The summed E-state index contributed by atoms with van der Waals surface area (Å²) in [5.74, 6) is -0.311. The first-order valence-electron chi connectivity index (χ1n) is 12.1. The van der Waals surface area contributed by atoms with E-state index in [1.807, 2.05) is 39.0 Å². The van der Waals surface area contributed by atoms with Crippen molar-refractivity contribution >= 4 is 29.3 Å². The topological polar surface area (TPSA) is 79.0 Å². The van der Waals surface area contributed by atoms with Gasteiger partial charge < -0.3 is 15.0 Å². The number of nitrogens with zero attached hydrogens (tertiary/aromatic N) is 2. The molecule has 2 aliphatic heterocycles. The summed E-state index contributed by atoms with van der Waals surface area (Å²) in [6.07, 6.45) is 0.823. The van der Waals surface area contributed by atoms with E-state index in [9.17, 15) is 14.4 Å². The standard InChI is InChI=1S/C27H32ClN3O4/c1-18(2)16-29-24(32)23-17-35-27(31(23)25(33)20-8-6-7-19(3)15-20)11-13-30(14-12-27)26(34)21-9-4-5-10-22(21)28/h4-10,15,18,23H,11-14,16-17H2,1-3H3,(H,29,32). The number of hydrogen-bond acceptors (Lipinski definition) is 4. The molecule has 0 bridgehead atoms. The summed E-state index contributed by atoms with van der Waals surface area (Å²) in [5.41, 5.74) is 0.992. The van der Waals surface area contributed by atoms with Crippen LogP contribution < -0.4 is 5.32 Å². The van der Waals surface area contributed by atoms with Crippen molar-refractivity contribution in [3.63, 3.8) is 0 Å². The lowest BCUT2D eigenvalue weighted by molar-refractivity contribution is -0.128. The van der Waals surface area contributed by atoms with E-state index >= 15 is 0 Å². The second-order valence-corrected chi connectivity index (χ2v) is 10.1. The number of benzene rings is 2. The van der Waals surface area contributed by atoms with Crippen molar-refractivity contribution in [1.82, 2.24) is 15.1 Å². The third-order valence-electron chi connectivity index (χ3n) is 6.67. The molecule has 1 N–H and O–H groups in total. The number of piperidine rings is 1. The molecule has 35 heavy (non-hydrogen) atoms. The molecule has 7 nitrogen and oxygen atoms in total. The molecule has 1 unspecified atom stereocenters. The molecule has 1 spiro atoms. The van der Waals surface area contributed by atoms with Crippen molar-refractivity contribution in [2.45, 2.75) is 45.4 Å². The first-order chi connectivity index (χ1) is 16.7. The summed E-state index contributed by atoms with van der Waals surface area (Å²) in [4.78, 5) is 43.3. The summed E-state index contributed by atoms with van der Waals surface area (Å²) in [6, 6.07) is 13.6. The normalized spacial score (nSPS) is 19.3. The number of carbonyl (C=O) groups is 3. The van der Waals surface area contributed by atoms with E-state index in [-0.39, 0.29) is 30.2 Å². The number of rotatable bonds is 5. The molecule has 0 radical (unpaired) electrons. The number of halogens is 1. The zero-order valence-corrected chi connectivity index (χ0v) is 21.2. The van der Waals surface area contributed by atoms with Gasteiger partial charge in [-0.1, -0.05) is 55.3 Å². The van der Waals surface area contributed by atoms with E-state index in [2.05, 4.69) is 5.32 Å². The fourth-order valence-corrected chi connectivity index (χ4v) is 4.99. The summed E-state index contributed by atoms with van der Waals surface area (Å²) in [6.45, 7) is 7.40. The molecule has 0 saturated carbocycles. The Balaban J connectivity index is 1.58. The van der Waals surface area contributed by atoms with Gasteiger partial charge in [-0.15, -0.1) is 0 Å². The zero-order chi connectivity index (χ0) is 25.2. The van der Waals surface area contributed by atoms with Crippen LogP contribution in [0.2, 0.25) is 5.02 Å². The molecule has 8 heteroatoms. The molecule has 3 amide bonds. The third-order valence-corrected chi connectivity index (χ3v) is 7.00. The molecule has 2 aliphatic rings. The van der Waals surface area contributed by atoms with Crippen LogP contribution in [-0.4, -0.2) is 65.5 Å². The number of ether oxygens (including phenoxy) is 1. The average molecular weight is 498 g/mol. The van der Waals surface area contributed by atoms with Gasteiger partial charge in [-0.05, 0) is 37.1 Å². The number of carbonyl (C=O) groups excluding carboxylic acids is 3. The number of nitrogens with one attached hydrogen (secondary N) is 1. The van der Waals surface area contributed by atoms with Crippen LogP contribution in [0.15, 0.2) is 48.5 Å². The van der Waals surface area contributed by atoms with Gasteiger partial charge in [-0.25, -0.2) is 0 Å². The molecule has 4 rings (SSSR count). The first kappa shape index (κ1) is 25.2. The molecule has 2 aromatic carbocycles. The Morgan fingerprint density at radius 2 is 1.80 bits per heavy atom. The highest BCUT2D eigenvalue weighted by atomic mass is 35.5. The highest BCUT2D eigenvalue weighted by molar-refractivity contribution is 6.33. The summed E-state index contributed by atoms with van der Waals surface area (Å²) in [5, 5.41) is 3.37. The molecule has 186 valence electrons. The first-order valence-corrected chi connectivity index (χ1v) is 12.5.